The van der Waals surface area contributed by atoms with E-state index in [2.05, 4.69) is 10.1 Å². The Kier molecular flexibility index (Phi) is 3.81. The maximum absolute atomic E-state index is 6.26. The molecule has 2 aliphatic carbocycles. The van der Waals surface area contributed by atoms with Crippen molar-refractivity contribution in [1.82, 2.24) is 10.1 Å². The van der Waals surface area contributed by atoms with E-state index in [9.17, 15) is 0 Å². The van der Waals surface area contributed by atoms with Gasteiger partial charge in [0.1, 0.15) is 5.75 Å². The summed E-state index contributed by atoms with van der Waals surface area (Å²) >= 11 is 0. The Morgan fingerprint density at radius 1 is 1.13 bits per heavy atom. The van der Waals surface area contributed by atoms with E-state index in [1.807, 2.05) is 24.3 Å². The van der Waals surface area contributed by atoms with E-state index in [1.54, 1.807) is 0 Å². The smallest absolute Gasteiger partial charge is 0.258 e. The van der Waals surface area contributed by atoms with Crippen LogP contribution in [0.3, 0.4) is 0 Å². The van der Waals surface area contributed by atoms with Gasteiger partial charge in [-0.25, -0.2) is 0 Å². The van der Waals surface area contributed by atoms with Crippen LogP contribution in [0, 0.1) is 0 Å². The summed E-state index contributed by atoms with van der Waals surface area (Å²) in [7, 11) is 0. The van der Waals surface area contributed by atoms with Crippen LogP contribution in [0.2, 0.25) is 0 Å². The minimum absolute atomic E-state index is 0.333. The van der Waals surface area contributed by atoms with Gasteiger partial charge in [0, 0.05) is 5.56 Å². The van der Waals surface area contributed by atoms with Crippen LogP contribution in [0.25, 0.3) is 11.5 Å². The van der Waals surface area contributed by atoms with Gasteiger partial charge in [-0.05, 0) is 63.1 Å². The van der Waals surface area contributed by atoms with Gasteiger partial charge in [-0.1, -0.05) is 17.6 Å². The topological polar surface area (TPSA) is 74.2 Å². The zero-order valence-electron chi connectivity index (χ0n) is 13.3. The molecule has 2 fully saturated rings. The van der Waals surface area contributed by atoms with Crippen LogP contribution in [-0.4, -0.2) is 16.2 Å². The molecule has 5 nitrogen and oxygen atoms in total. The highest BCUT2D eigenvalue weighted by molar-refractivity contribution is 5.55. The third-order valence-electron chi connectivity index (χ3n) is 5.05. The average Bonchev–Trinajstić information content (AvgIpc) is 3.04. The van der Waals surface area contributed by atoms with Crippen molar-refractivity contribution in [3.8, 4) is 17.2 Å². The second kappa shape index (κ2) is 5.96. The Bertz CT molecular complexity index is 672. The molecule has 0 spiro atoms. The number of nitrogens with zero attached hydrogens (tertiary/aromatic N) is 2. The monoisotopic (exact) mass is 313 g/mol. The van der Waals surface area contributed by atoms with Crippen LogP contribution in [0.15, 0.2) is 28.8 Å². The van der Waals surface area contributed by atoms with Crippen LogP contribution in [-0.2, 0) is 5.54 Å². The van der Waals surface area contributed by atoms with E-state index in [-0.39, 0.29) is 0 Å². The molecule has 2 saturated carbocycles. The van der Waals surface area contributed by atoms with Gasteiger partial charge in [0.2, 0.25) is 0 Å². The molecule has 0 amide bonds. The van der Waals surface area contributed by atoms with Crippen molar-refractivity contribution >= 4 is 0 Å². The van der Waals surface area contributed by atoms with E-state index < -0.39 is 5.54 Å². The average molecular weight is 313 g/mol. The molecule has 0 atom stereocenters. The minimum atomic E-state index is -0.391. The Labute approximate surface area is 136 Å². The summed E-state index contributed by atoms with van der Waals surface area (Å²) in [6.45, 7) is 0. The fourth-order valence-corrected chi connectivity index (χ4v) is 3.40. The van der Waals surface area contributed by atoms with E-state index in [4.69, 9.17) is 15.0 Å². The lowest BCUT2D eigenvalue weighted by molar-refractivity contribution is 0.155. The first-order valence-corrected chi connectivity index (χ1v) is 8.63. The highest BCUT2D eigenvalue weighted by Crippen LogP contribution is 2.38. The number of hydrogen-bond acceptors (Lipinski definition) is 5. The van der Waals surface area contributed by atoms with E-state index >= 15 is 0 Å². The molecule has 0 radical (unpaired) electrons. The Hall–Kier alpha value is -1.88. The number of benzene rings is 1. The van der Waals surface area contributed by atoms with Gasteiger partial charge >= 0.3 is 0 Å². The Morgan fingerprint density at radius 3 is 2.70 bits per heavy atom. The van der Waals surface area contributed by atoms with Crippen molar-refractivity contribution in [3.05, 3.63) is 30.1 Å². The summed E-state index contributed by atoms with van der Waals surface area (Å²) in [6, 6.07) is 7.91. The number of aromatic nitrogens is 2. The maximum atomic E-state index is 6.26. The molecular weight excluding hydrogens is 290 g/mol. The van der Waals surface area contributed by atoms with Crippen molar-refractivity contribution in [2.45, 2.75) is 63.0 Å². The highest BCUT2D eigenvalue weighted by Gasteiger charge is 2.39. The second-order valence-corrected chi connectivity index (χ2v) is 6.84. The number of hydrogen-bond donors (Lipinski definition) is 1. The van der Waals surface area contributed by atoms with Crippen molar-refractivity contribution in [1.29, 1.82) is 0 Å². The van der Waals surface area contributed by atoms with Gasteiger partial charge in [0.25, 0.3) is 5.89 Å². The molecular formula is C18H23N3O2. The third-order valence-corrected chi connectivity index (χ3v) is 5.05. The van der Waals surface area contributed by atoms with E-state index in [1.165, 1.54) is 19.3 Å². The largest absolute Gasteiger partial charge is 0.490 e. The third kappa shape index (κ3) is 2.98. The van der Waals surface area contributed by atoms with Crippen molar-refractivity contribution in [3.63, 3.8) is 0 Å². The molecule has 122 valence electrons. The molecule has 0 bridgehead atoms. The van der Waals surface area contributed by atoms with Gasteiger partial charge in [-0.2, -0.15) is 4.98 Å². The molecule has 4 rings (SSSR count). The summed E-state index contributed by atoms with van der Waals surface area (Å²) in [4.78, 5) is 4.50. The zero-order chi connectivity index (χ0) is 15.7. The first kappa shape index (κ1) is 14.7. The number of ether oxygens (including phenoxy) is 1. The predicted molar refractivity (Wildman–Crippen MR) is 87.0 cm³/mol. The van der Waals surface area contributed by atoms with Gasteiger partial charge in [0.15, 0.2) is 5.82 Å². The molecule has 2 N–H and O–H groups in total. The van der Waals surface area contributed by atoms with E-state index in [0.717, 1.165) is 43.4 Å². The predicted octanol–water partition coefficient (Wildman–Crippen LogP) is 3.79. The van der Waals surface area contributed by atoms with Crippen LogP contribution in [0.1, 0.15) is 57.2 Å². The van der Waals surface area contributed by atoms with Crippen LogP contribution < -0.4 is 10.5 Å². The summed E-state index contributed by atoms with van der Waals surface area (Å²) < 4.78 is 11.5. The van der Waals surface area contributed by atoms with Crippen molar-refractivity contribution < 1.29 is 9.26 Å². The van der Waals surface area contributed by atoms with Gasteiger partial charge in [-0.15, -0.1) is 0 Å². The van der Waals surface area contributed by atoms with Crippen molar-refractivity contribution in [2.24, 2.45) is 5.73 Å². The van der Waals surface area contributed by atoms with E-state index in [0.29, 0.717) is 17.8 Å². The fourth-order valence-electron chi connectivity index (χ4n) is 3.40. The van der Waals surface area contributed by atoms with Crippen LogP contribution >= 0.6 is 0 Å². The standard InChI is InChI=1S/C18H23N3O2/c19-18(10-5-11-18)17-20-16(23-21-17)13-6-4-9-15(12-13)22-14-7-2-1-3-8-14/h4,6,9,12,14H,1-3,5,7-8,10-11,19H2. The summed E-state index contributed by atoms with van der Waals surface area (Å²) in [5, 5.41) is 4.08. The molecule has 2 aromatic rings. The zero-order valence-corrected chi connectivity index (χ0v) is 13.3. The first-order chi connectivity index (χ1) is 11.2. The normalized spacial score (nSPS) is 20.9. The summed E-state index contributed by atoms with van der Waals surface area (Å²) in [5.74, 6) is 2.02. The lowest BCUT2D eigenvalue weighted by Gasteiger charge is -2.34. The maximum Gasteiger partial charge on any atom is 0.258 e. The quantitative estimate of drug-likeness (QED) is 0.929. The molecule has 0 saturated heterocycles. The molecule has 1 aromatic heterocycles. The molecule has 5 heteroatoms. The van der Waals surface area contributed by atoms with Crippen molar-refractivity contribution in [2.75, 3.05) is 0 Å². The molecule has 1 heterocycles. The fraction of sp³-hybridized carbons (Fsp3) is 0.556. The number of nitrogens with two attached hydrogens (primary N) is 1. The number of rotatable bonds is 4. The highest BCUT2D eigenvalue weighted by atomic mass is 16.5. The summed E-state index contributed by atoms with van der Waals surface area (Å²) in [5.41, 5.74) is 6.76. The molecule has 0 unspecified atom stereocenters. The SMILES string of the molecule is NC1(c2noc(-c3cccc(OC4CCCCC4)c3)n2)CCC1. The minimum Gasteiger partial charge on any atom is -0.490 e. The molecule has 1 aromatic carbocycles. The lowest BCUT2D eigenvalue weighted by atomic mass is 9.77. The van der Waals surface area contributed by atoms with Crippen LogP contribution in [0.4, 0.5) is 0 Å². The van der Waals surface area contributed by atoms with Crippen LogP contribution in [0.5, 0.6) is 5.75 Å². The second-order valence-electron chi connectivity index (χ2n) is 6.84. The molecule has 2 aliphatic rings. The first-order valence-electron chi connectivity index (χ1n) is 8.63. The Morgan fingerprint density at radius 2 is 1.96 bits per heavy atom. The molecule has 0 aliphatic heterocycles. The van der Waals surface area contributed by atoms with Gasteiger partial charge in [-0.3, -0.25) is 0 Å². The Balaban J connectivity index is 1.51. The van der Waals surface area contributed by atoms with Gasteiger partial charge in [0.05, 0.1) is 11.6 Å². The summed E-state index contributed by atoms with van der Waals surface area (Å²) in [6.07, 6.45) is 9.45. The lowest BCUT2D eigenvalue weighted by Crippen LogP contribution is -2.44. The molecule has 23 heavy (non-hydrogen) atoms. The van der Waals surface area contributed by atoms with Gasteiger partial charge < -0.3 is 15.0 Å².